The lowest BCUT2D eigenvalue weighted by Gasteiger charge is -2.17. The van der Waals surface area contributed by atoms with Gasteiger partial charge in [0.15, 0.2) is 0 Å². The van der Waals surface area contributed by atoms with Gasteiger partial charge in [-0.2, -0.15) is 0 Å². The van der Waals surface area contributed by atoms with Crippen LogP contribution in [-0.2, 0) is 0 Å². The molecule has 0 bridgehead atoms. The number of allylic oxidation sites excluding steroid dienone is 4. The number of hydrogen-bond acceptors (Lipinski definition) is 3. The molecule has 1 rings (SSSR count). The molecular formula is C16H21N3. The Morgan fingerprint density at radius 1 is 1.32 bits per heavy atom. The smallest absolute Gasteiger partial charge is 0.0746 e. The molecule has 0 fully saturated rings. The van der Waals surface area contributed by atoms with Crippen LogP contribution in [0.2, 0.25) is 0 Å². The van der Waals surface area contributed by atoms with Gasteiger partial charge in [0.1, 0.15) is 0 Å². The Bertz CT molecular complexity index is 482. The Hall–Kier alpha value is -2.26. The summed E-state index contributed by atoms with van der Waals surface area (Å²) in [7, 11) is 1.81. The van der Waals surface area contributed by atoms with E-state index in [9.17, 15) is 0 Å². The van der Waals surface area contributed by atoms with Gasteiger partial charge < -0.3 is 10.3 Å². The van der Waals surface area contributed by atoms with Crippen molar-refractivity contribution in [3.63, 3.8) is 0 Å². The molecule has 0 unspecified atom stereocenters. The van der Waals surface area contributed by atoms with Crippen molar-refractivity contribution in [3.8, 4) is 0 Å². The zero-order valence-electron chi connectivity index (χ0n) is 11.5. The van der Waals surface area contributed by atoms with Gasteiger partial charge in [-0.05, 0) is 19.1 Å². The number of hydrogen-bond donors (Lipinski definition) is 2. The lowest BCUT2D eigenvalue weighted by molar-refractivity contribution is 0.509. The van der Waals surface area contributed by atoms with Gasteiger partial charge in [-0.15, -0.1) is 0 Å². The van der Waals surface area contributed by atoms with E-state index in [2.05, 4.69) is 11.9 Å². The van der Waals surface area contributed by atoms with Crippen LogP contribution in [0.15, 0.2) is 73.1 Å². The molecule has 0 aliphatic carbocycles. The average molecular weight is 255 g/mol. The molecule has 3 nitrogen and oxygen atoms in total. The molecule has 0 radical (unpaired) electrons. The van der Waals surface area contributed by atoms with E-state index in [1.807, 2.05) is 68.7 Å². The molecule has 0 spiro atoms. The molecule has 0 saturated heterocycles. The maximum absolute atomic E-state index is 5.87. The van der Waals surface area contributed by atoms with Crippen LogP contribution in [0.25, 0.3) is 5.70 Å². The van der Waals surface area contributed by atoms with Crippen molar-refractivity contribution in [3.05, 3.63) is 78.7 Å². The summed E-state index contributed by atoms with van der Waals surface area (Å²) in [6.07, 6.45) is 9.45. The number of nitrogens with zero attached hydrogens (tertiary/aromatic N) is 1. The molecular weight excluding hydrogens is 234 g/mol. The highest BCUT2D eigenvalue weighted by molar-refractivity contribution is 5.63. The van der Waals surface area contributed by atoms with Crippen molar-refractivity contribution in [2.75, 3.05) is 7.05 Å². The highest BCUT2D eigenvalue weighted by Gasteiger charge is 2.03. The molecule has 3 heteroatoms. The molecule has 0 saturated carbocycles. The van der Waals surface area contributed by atoms with E-state index in [-0.39, 0.29) is 0 Å². The maximum atomic E-state index is 5.87. The Balaban J connectivity index is 2.97. The van der Waals surface area contributed by atoms with Gasteiger partial charge in [-0.3, -0.25) is 0 Å². The van der Waals surface area contributed by atoms with Crippen molar-refractivity contribution >= 4 is 5.70 Å². The first kappa shape index (κ1) is 14.8. The minimum atomic E-state index is 0.903. The maximum Gasteiger partial charge on any atom is 0.0746 e. The van der Waals surface area contributed by atoms with Gasteiger partial charge in [0.25, 0.3) is 0 Å². The fourth-order valence-electron chi connectivity index (χ4n) is 1.61. The Kier molecular flexibility index (Phi) is 6.19. The molecule has 0 atom stereocenters. The van der Waals surface area contributed by atoms with Gasteiger partial charge in [-0.25, -0.2) is 5.84 Å². The zero-order valence-corrected chi connectivity index (χ0v) is 11.5. The Labute approximate surface area is 115 Å². The number of nitrogens with two attached hydrogens (primary N) is 1. The van der Waals surface area contributed by atoms with Crippen LogP contribution in [0.4, 0.5) is 0 Å². The largest absolute Gasteiger partial charge is 0.360 e. The number of nitrogens with one attached hydrogen (secondary N) is 1. The number of hydrazine groups is 1. The fourth-order valence-corrected chi connectivity index (χ4v) is 1.61. The lowest BCUT2D eigenvalue weighted by Crippen LogP contribution is -2.25. The van der Waals surface area contributed by atoms with Crippen molar-refractivity contribution in [1.29, 1.82) is 0 Å². The highest BCUT2D eigenvalue weighted by atomic mass is 15.4. The second-order valence-corrected chi connectivity index (χ2v) is 4.01. The molecule has 0 aliphatic rings. The van der Waals surface area contributed by atoms with E-state index < -0.39 is 0 Å². The summed E-state index contributed by atoms with van der Waals surface area (Å²) in [6, 6.07) is 9.99. The zero-order chi connectivity index (χ0) is 14.1. The van der Waals surface area contributed by atoms with Crippen LogP contribution in [-0.4, -0.2) is 12.1 Å². The molecule has 0 heterocycles. The van der Waals surface area contributed by atoms with E-state index in [1.165, 1.54) is 0 Å². The van der Waals surface area contributed by atoms with Crippen molar-refractivity contribution in [2.24, 2.45) is 5.84 Å². The van der Waals surface area contributed by atoms with E-state index in [4.69, 9.17) is 5.84 Å². The molecule has 1 aromatic rings. The molecule has 0 amide bonds. The van der Waals surface area contributed by atoms with Gasteiger partial charge >= 0.3 is 0 Å². The first-order valence-electron chi connectivity index (χ1n) is 6.15. The number of benzene rings is 1. The minimum absolute atomic E-state index is 0.903. The standard InChI is InChI=1S/C16H21N3/c1-4-9-15(10-5-2)18-13-16(19(3)17)14-11-7-6-8-12-14/h4-13,18H,1,17H2,2-3H3/b10-5-,15-9+,16-13-. The summed E-state index contributed by atoms with van der Waals surface area (Å²) in [5.74, 6) is 5.87. The molecule has 100 valence electrons. The quantitative estimate of drug-likeness (QED) is 0.466. The molecule has 0 aromatic heterocycles. The fraction of sp³-hybridized carbons (Fsp3) is 0.125. The summed E-state index contributed by atoms with van der Waals surface area (Å²) in [4.78, 5) is 0. The van der Waals surface area contributed by atoms with Crippen molar-refractivity contribution < 1.29 is 0 Å². The topological polar surface area (TPSA) is 41.3 Å². The molecule has 3 N–H and O–H groups in total. The normalized spacial score (nSPS) is 12.6. The second-order valence-electron chi connectivity index (χ2n) is 4.01. The molecule has 1 aromatic carbocycles. The Morgan fingerprint density at radius 2 is 2.00 bits per heavy atom. The third kappa shape index (κ3) is 4.85. The second kappa shape index (κ2) is 7.95. The van der Waals surface area contributed by atoms with Crippen molar-refractivity contribution in [1.82, 2.24) is 10.3 Å². The lowest BCUT2D eigenvalue weighted by atomic mass is 10.1. The van der Waals surface area contributed by atoms with Crippen LogP contribution >= 0.6 is 0 Å². The van der Waals surface area contributed by atoms with Gasteiger partial charge in [0.2, 0.25) is 0 Å². The van der Waals surface area contributed by atoms with E-state index in [0.717, 1.165) is 17.0 Å². The van der Waals surface area contributed by atoms with Crippen LogP contribution in [0.3, 0.4) is 0 Å². The van der Waals surface area contributed by atoms with E-state index in [1.54, 1.807) is 11.1 Å². The summed E-state index contributed by atoms with van der Waals surface area (Å²) in [5.41, 5.74) is 2.91. The monoisotopic (exact) mass is 255 g/mol. The van der Waals surface area contributed by atoms with Crippen LogP contribution < -0.4 is 11.2 Å². The predicted molar refractivity (Wildman–Crippen MR) is 82.6 cm³/mol. The highest BCUT2D eigenvalue weighted by Crippen LogP contribution is 2.14. The van der Waals surface area contributed by atoms with Crippen LogP contribution in [0.1, 0.15) is 12.5 Å². The SMILES string of the molecule is C=C/C=C(\C=C/C)N/C=C(/c1ccccc1)N(C)N. The third-order valence-corrected chi connectivity index (χ3v) is 2.47. The Morgan fingerprint density at radius 3 is 2.53 bits per heavy atom. The third-order valence-electron chi connectivity index (χ3n) is 2.47. The van der Waals surface area contributed by atoms with E-state index in [0.29, 0.717) is 0 Å². The molecule has 0 aliphatic heterocycles. The average Bonchev–Trinajstić information content (AvgIpc) is 2.40. The summed E-state index contributed by atoms with van der Waals surface area (Å²) in [5, 5.41) is 4.81. The van der Waals surface area contributed by atoms with Crippen LogP contribution in [0.5, 0.6) is 0 Å². The van der Waals surface area contributed by atoms with Crippen LogP contribution in [0, 0.1) is 0 Å². The summed E-state index contributed by atoms with van der Waals surface area (Å²) < 4.78 is 0. The van der Waals surface area contributed by atoms with Crippen molar-refractivity contribution in [2.45, 2.75) is 6.92 Å². The number of rotatable bonds is 6. The van der Waals surface area contributed by atoms with Gasteiger partial charge in [-0.1, -0.05) is 49.1 Å². The van der Waals surface area contributed by atoms with E-state index >= 15 is 0 Å². The molecule has 19 heavy (non-hydrogen) atoms. The van der Waals surface area contributed by atoms with Gasteiger partial charge in [0, 0.05) is 24.5 Å². The first-order valence-corrected chi connectivity index (χ1v) is 6.15. The summed E-state index contributed by atoms with van der Waals surface area (Å²) in [6.45, 7) is 5.66. The first-order chi connectivity index (χ1) is 9.19. The summed E-state index contributed by atoms with van der Waals surface area (Å²) >= 11 is 0. The minimum Gasteiger partial charge on any atom is -0.360 e. The van der Waals surface area contributed by atoms with Gasteiger partial charge in [0.05, 0.1) is 5.70 Å². The predicted octanol–water partition coefficient (Wildman–Crippen LogP) is 3.03.